The lowest BCUT2D eigenvalue weighted by molar-refractivity contribution is -0.116. The van der Waals surface area contributed by atoms with Crippen LogP contribution in [0.4, 0.5) is 5.69 Å². The second-order valence-corrected chi connectivity index (χ2v) is 8.11. The molecule has 0 atom stereocenters. The van der Waals surface area contributed by atoms with Crippen molar-refractivity contribution in [3.63, 3.8) is 0 Å². The van der Waals surface area contributed by atoms with Crippen molar-refractivity contribution in [3.05, 3.63) is 23.8 Å². The summed E-state index contributed by atoms with van der Waals surface area (Å²) in [5.74, 6) is 2.34. The molecule has 0 saturated heterocycles. The molecule has 4 nitrogen and oxygen atoms in total. The highest BCUT2D eigenvalue weighted by molar-refractivity contribution is 7.99. The third-order valence-corrected chi connectivity index (χ3v) is 5.33. The molecule has 1 rings (SSSR count). The van der Waals surface area contributed by atoms with Crippen molar-refractivity contribution in [1.29, 1.82) is 0 Å². The maximum absolute atomic E-state index is 12.3. The van der Waals surface area contributed by atoms with E-state index in [0.717, 1.165) is 35.7 Å². The first-order valence-electron chi connectivity index (χ1n) is 8.52. The Morgan fingerprint density at radius 1 is 1.20 bits per heavy atom. The normalized spacial score (nSPS) is 10.5. The van der Waals surface area contributed by atoms with Crippen LogP contribution in [0.2, 0.25) is 0 Å². The van der Waals surface area contributed by atoms with E-state index < -0.39 is 0 Å². The number of rotatable bonds is 12. The quantitative estimate of drug-likeness (QED) is 0.304. The highest BCUT2D eigenvalue weighted by Gasteiger charge is 2.12. The van der Waals surface area contributed by atoms with E-state index in [1.54, 1.807) is 29.6 Å². The Balaban J connectivity index is 2.75. The van der Waals surface area contributed by atoms with E-state index in [0.29, 0.717) is 30.1 Å². The molecule has 2 amide bonds. The van der Waals surface area contributed by atoms with Crippen LogP contribution in [0.25, 0.3) is 0 Å². The van der Waals surface area contributed by atoms with E-state index >= 15 is 0 Å². The number of hydrogen-bond donors (Lipinski definition) is 2. The molecule has 0 unspecified atom stereocenters. The predicted molar refractivity (Wildman–Crippen MR) is 111 cm³/mol. The Labute approximate surface area is 164 Å². The Bertz CT molecular complexity index is 556. The van der Waals surface area contributed by atoms with Crippen LogP contribution in [-0.2, 0) is 4.79 Å². The van der Waals surface area contributed by atoms with Gasteiger partial charge in [0, 0.05) is 29.3 Å². The van der Waals surface area contributed by atoms with Gasteiger partial charge in [0.2, 0.25) is 5.91 Å². The zero-order valence-corrected chi connectivity index (χ0v) is 17.3. The molecule has 0 fully saturated rings. The summed E-state index contributed by atoms with van der Waals surface area (Å²) >= 11 is 9.06. The molecule has 1 aromatic rings. The van der Waals surface area contributed by atoms with E-state index in [4.69, 9.17) is 11.6 Å². The minimum Gasteiger partial charge on any atom is -0.352 e. The van der Waals surface area contributed by atoms with Gasteiger partial charge in [0.25, 0.3) is 5.91 Å². The van der Waals surface area contributed by atoms with Crippen molar-refractivity contribution >= 4 is 52.6 Å². The predicted octanol–water partition coefficient (Wildman–Crippen LogP) is 4.63. The molecule has 0 aliphatic rings. The van der Waals surface area contributed by atoms with Crippen LogP contribution < -0.4 is 10.6 Å². The van der Waals surface area contributed by atoms with Crippen molar-refractivity contribution in [1.82, 2.24) is 5.32 Å². The van der Waals surface area contributed by atoms with Gasteiger partial charge in [-0.1, -0.05) is 6.92 Å². The van der Waals surface area contributed by atoms with E-state index in [2.05, 4.69) is 17.6 Å². The van der Waals surface area contributed by atoms with Crippen molar-refractivity contribution in [2.75, 3.05) is 35.5 Å². The number of amides is 2. The Morgan fingerprint density at radius 3 is 2.68 bits per heavy atom. The molecule has 0 bridgehead atoms. The first-order valence-corrected chi connectivity index (χ1v) is 11.4. The van der Waals surface area contributed by atoms with Gasteiger partial charge in [-0.15, -0.1) is 23.4 Å². The van der Waals surface area contributed by atoms with Gasteiger partial charge < -0.3 is 10.6 Å². The lowest BCUT2D eigenvalue weighted by atomic mass is 10.1. The topological polar surface area (TPSA) is 58.2 Å². The monoisotopic (exact) mass is 402 g/mol. The van der Waals surface area contributed by atoms with Gasteiger partial charge in [0.05, 0.1) is 5.69 Å². The first-order chi connectivity index (χ1) is 12.1. The fourth-order valence-corrected chi connectivity index (χ4v) is 3.53. The minimum absolute atomic E-state index is 0.0411. The van der Waals surface area contributed by atoms with Crippen molar-refractivity contribution in [3.8, 4) is 0 Å². The van der Waals surface area contributed by atoms with Gasteiger partial charge in [0.1, 0.15) is 0 Å². The highest BCUT2D eigenvalue weighted by atomic mass is 35.5. The van der Waals surface area contributed by atoms with Crippen molar-refractivity contribution < 1.29 is 9.59 Å². The molecule has 7 heteroatoms. The van der Waals surface area contributed by atoms with Crippen LogP contribution in [0.5, 0.6) is 0 Å². The second kappa shape index (κ2) is 13.4. The van der Waals surface area contributed by atoms with Gasteiger partial charge in [0.15, 0.2) is 0 Å². The molecular formula is C18H27ClN2O2S2. The average molecular weight is 403 g/mol. The number of thioether (sulfide) groups is 2. The standard InChI is InChI=1S/C18H27ClN2O2S2/c1-3-25-16-9-8-14(18(23)20-11-6-12-24-2)13-15(16)21-17(22)7-4-5-10-19/h8-9,13H,3-7,10-12H2,1-2H3,(H,20,23)(H,21,22). The van der Waals surface area contributed by atoms with Crippen LogP contribution in [0.3, 0.4) is 0 Å². The first kappa shape index (κ1) is 22.2. The summed E-state index contributed by atoms with van der Waals surface area (Å²) in [7, 11) is 0. The lowest BCUT2D eigenvalue weighted by Crippen LogP contribution is -2.25. The molecule has 0 aliphatic heterocycles. The van der Waals surface area contributed by atoms with Crippen LogP contribution in [-0.4, -0.2) is 42.0 Å². The molecule has 1 aromatic carbocycles. The van der Waals surface area contributed by atoms with Crippen molar-refractivity contribution in [2.45, 2.75) is 37.5 Å². The summed E-state index contributed by atoms with van der Waals surface area (Å²) in [5, 5.41) is 5.86. The van der Waals surface area contributed by atoms with Crippen LogP contribution >= 0.6 is 35.1 Å². The molecule has 25 heavy (non-hydrogen) atoms. The van der Waals surface area contributed by atoms with E-state index in [1.165, 1.54) is 0 Å². The third kappa shape index (κ3) is 8.88. The number of nitrogens with one attached hydrogen (secondary N) is 2. The number of benzene rings is 1. The zero-order chi connectivity index (χ0) is 18.5. The summed E-state index contributed by atoms with van der Waals surface area (Å²) < 4.78 is 0. The van der Waals surface area contributed by atoms with Crippen LogP contribution in [0, 0.1) is 0 Å². The number of hydrogen-bond acceptors (Lipinski definition) is 4. The second-order valence-electron chi connectivity index (χ2n) is 5.44. The molecule has 0 heterocycles. The van der Waals surface area contributed by atoms with E-state index in [-0.39, 0.29) is 11.8 Å². The largest absolute Gasteiger partial charge is 0.352 e. The van der Waals surface area contributed by atoms with Gasteiger partial charge in [-0.05, 0) is 55.2 Å². The molecule has 2 N–H and O–H groups in total. The number of carbonyl (C=O) groups is 2. The Hall–Kier alpha value is -0.850. The lowest BCUT2D eigenvalue weighted by Gasteiger charge is -2.12. The summed E-state index contributed by atoms with van der Waals surface area (Å²) in [6.45, 7) is 2.72. The molecule has 0 aromatic heterocycles. The Morgan fingerprint density at radius 2 is 2.00 bits per heavy atom. The molecule has 0 spiro atoms. The summed E-state index contributed by atoms with van der Waals surface area (Å²) in [4.78, 5) is 25.4. The third-order valence-electron chi connectivity index (χ3n) is 3.41. The zero-order valence-electron chi connectivity index (χ0n) is 14.9. The molecule has 140 valence electrons. The maximum atomic E-state index is 12.3. The number of unbranched alkanes of at least 4 members (excludes halogenated alkanes) is 1. The number of anilines is 1. The molecule has 0 aliphatic carbocycles. The highest BCUT2D eigenvalue weighted by Crippen LogP contribution is 2.28. The maximum Gasteiger partial charge on any atom is 0.251 e. The van der Waals surface area contributed by atoms with Crippen molar-refractivity contribution in [2.24, 2.45) is 0 Å². The smallest absolute Gasteiger partial charge is 0.251 e. The fraction of sp³-hybridized carbons (Fsp3) is 0.556. The number of carbonyl (C=O) groups excluding carboxylic acids is 2. The van der Waals surface area contributed by atoms with Gasteiger partial charge in [-0.3, -0.25) is 9.59 Å². The molecule has 0 radical (unpaired) electrons. The number of halogens is 1. The SMILES string of the molecule is CCSc1ccc(C(=O)NCCCSC)cc1NC(=O)CCCCCl. The fourth-order valence-electron chi connectivity index (χ4n) is 2.16. The van der Waals surface area contributed by atoms with E-state index in [9.17, 15) is 9.59 Å². The summed E-state index contributed by atoms with van der Waals surface area (Å²) in [5.41, 5.74) is 1.28. The van der Waals surface area contributed by atoms with Crippen LogP contribution in [0.1, 0.15) is 43.0 Å². The molecule has 0 saturated carbocycles. The summed E-state index contributed by atoms with van der Waals surface area (Å²) in [6.07, 6.45) is 5.02. The average Bonchev–Trinajstić information content (AvgIpc) is 2.60. The van der Waals surface area contributed by atoms with Gasteiger partial charge >= 0.3 is 0 Å². The van der Waals surface area contributed by atoms with Gasteiger partial charge in [-0.25, -0.2) is 0 Å². The molecular weight excluding hydrogens is 376 g/mol. The van der Waals surface area contributed by atoms with Crippen LogP contribution in [0.15, 0.2) is 23.1 Å². The minimum atomic E-state index is -0.105. The summed E-state index contributed by atoms with van der Waals surface area (Å²) in [6, 6.07) is 5.48. The van der Waals surface area contributed by atoms with Gasteiger partial charge in [-0.2, -0.15) is 11.8 Å². The van der Waals surface area contributed by atoms with E-state index in [1.807, 2.05) is 18.4 Å². The Kier molecular flexibility index (Phi) is 11.9. The number of alkyl halides is 1.